The first-order valence-corrected chi connectivity index (χ1v) is 10.6. The van der Waals surface area contributed by atoms with Gasteiger partial charge in [0.25, 0.3) is 5.91 Å². The van der Waals surface area contributed by atoms with E-state index in [2.05, 4.69) is 20.7 Å². The van der Waals surface area contributed by atoms with Gasteiger partial charge in [0.1, 0.15) is 12.4 Å². The number of anilines is 1. The van der Waals surface area contributed by atoms with Crippen LogP contribution in [0.4, 0.5) is 5.69 Å². The summed E-state index contributed by atoms with van der Waals surface area (Å²) in [5.74, 6) is 0.644. The molecule has 8 heteroatoms. The van der Waals surface area contributed by atoms with Gasteiger partial charge in [-0.05, 0) is 44.2 Å². The smallest absolute Gasteiger partial charge is 0.268 e. The van der Waals surface area contributed by atoms with Crippen LogP contribution in [-0.4, -0.2) is 58.5 Å². The van der Waals surface area contributed by atoms with Gasteiger partial charge in [-0.1, -0.05) is 18.9 Å². The number of fused-ring (bicyclic) bond motifs is 3. The lowest BCUT2D eigenvalue weighted by atomic mass is 9.85. The maximum Gasteiger partial charge on any atom is 0.268 e. The van der Waals surface area contributed by atoms with E-state index in [1.165, 1.54) is 0 Å². The Morgan fingerprint density at radius 3 is 2.89 bits per heavy atom. The van der Waals surface area contributed by atoms with Crippen LogP contribution in [0.2, 0.25) is 0 Å². The summed E-state index contributed by atoms with van der Waals surface area (Å²) >= 11 is 1.63. The molecule has 2 fully saturated rings. The highest BCUT2D eigenvalue weighted by Crippen LogP contribution is 2.34. The van der Waals surface area contributed by atoms with E-state index in [0.717, 1.165) is 42.1 Å². The van der Waals surface area contributed by atoms with Crippen LogP contribution in [0.3, 0.4) is 0 Å². The number of carbonyl (C=O) groups excluding carboxylic acids is 2. The van der Waals surface area contributed by atoms with Crippen LogP contribution in [0.5, 0.6) is 0 Å². The van der Waals surface area contributed by atoms with E-state index in [0.29, 0.717) is 0 Å². The second kappa shape index (κ2) is 7.42. The number of carbonyl (C=O) groups is 2. The summed E-state index contributed by atoms with van der Waals surface area (Å²) in [4.78, 5) is 30.7. The molecule has 4 rings (SSSR count). The van der Waals surface area contributed by atoms with Crippen molar-refractivity contribution in [2.75, 3.05) is 18.1 Å². The fourth-order valence-corrected chi connectivity index (χ4v) is 4.88. The number of hydrogen-bond donors (Lipinski definition) is 2. The normalized spacial score (nSPS) is 26.8. The van der Waals surface area contributed by atoms with E-state index in [4.69, 9.17) is 0 Å². The molecule has 2 heterocycles. The van der Waals surface area contributed by atoms with E-state index in [1.807, 2.05) is 37.4 Å². The predicted octanol–water partition coefficient (Wildman–Crippen LogP) is 2.07. The average Bonchev–Trinajstić information content (AvgIpc) is 3.07. The largest absolute Gasteiger partial charge is 0.325 e. The highest BCUT2D eigenvalue weighted by Gasteiger charge is 2.50. The Kier molecular flexibility index (Phi) is 4.99. The summed E-state index contributed by atoms with van der Waals surface area (Å²) in [6.45, 7) is 2.02. The number of nitrogens with zero attached hydrogens (tertiary/aromatic N) is 3. The zero-order valence-electron chi connectivity index (χ0n) is 15.6. The Bertz CT molecular complexity index is 783. The summed E-state index contributed by atoms with van der Waals surface area (Å²) in [6.07, 6.45) is 5.72. The number of hydrogen-bond acceptors (Lipinski definition) is 6. The molecule has 1 aromatic rings. The first-order chi connectivity index (χ1) is 13.1. The van der Waals surface area contributed by atoms with Crippen LogP contribution in [-0.2, 0) is 9.59 Å². The average molecular weight is 388 g/mol. The Morgan fingerprint density at radius 1 is 1.33 bits per heavy atom. The fraction of sp³-hybridized carbons (Fsp3) is 0.526. The number of piperazine rings is 1. The number of nitrogens with one attached hydrogen (secondary N) is 2. The molecule has 1 saturated carbocycles. The van der Waals surface area contributed by atoms with Crippen molar-refractivity contribution < 1.29 is 9.59 Å². The Morgan fingerprint density at radius 2 is 2.11 bits per heavy atom. The number of benzene rings is 1. The number of amidine groups is 1. The molecule has 0 aromatic heterocycles. The van der Waals surface area contributed by atoms with Gasteiger partial charge in [-0.15, -0.1) is 11.8 Å². The first kappa shape index (κ1) is 18.2. The summed E-state index contributed by atoms with van der Waals surface area (Å²) < 4.78 is 0. The highest BCUT2D eigenvalue weighted by molar-refractivity contribution is 7.98. The quantitative estimate of drug-likeness (QED) is 0.774. The van der Waals surface area contributed by atoms with Crippen LogP contribution in [0.25, 0.3) is 0 Å². The van der Waals surface area contributed by atoms with Crippen molar-refractivity contribution in [1.29, 1.82) is 0 Å². The predicted molar refractivity (Wildman–Crippen MR) is 106 cm³/mol. The van der Waals surface area contributed by atoms with Gasteiger partial charge in [0, 0.05) is 10.6 Å². The summed E-state index contributed by atoms with van der Waals surface area (Å²) in [5.41, 5.74) is 3.71. The molecule has 144 valence electrons. The molecule has 3 unspecified atom stereocenters. The van der Waals surface area contributed by atoms with Gasteiger partial charge in [-0.3, -0.25) is 15.0 Å². The molecule has 2 amide bonds. The molecule has 1 aliphatic carbocycles. The zero-order valence-corrected chi connectivity index (χ0v) is 16.5. The van der Waals surface area contributed by atoms with Gasteiger partial charge < -0.3 is 15.1 Å². The number of amides is 2. The SMILES string of the molecule is CSc1cccc(NC(=O)CN2C(=O)C3NN=C(C)N3C3CCCCC32)c1. The van der Waals surface area contributed by atoms with Crippen LogP contribution in [0.15, 0.2) is 34.3 Å². The number of hydrazone groups is 1. The first-order valence-electron chi connectivity index (χ1n) is 9.41. The number of thioether (sulfide) groups is 1. The number of rotatable bonds is 4. The summed E-state index contributed by atoms with van der Waals surface area (Å²) in [7, 11) is 0. The summed E-state index contributed by atoms with van der Waals surface area (Å²) in [6, 6.07) is 8.04. The lowest BCUT2D eigenvalue weighted by Crippen LogP contribution is -2.69. The van der Waals surface area contributed by atoms with Gasteiger partial charge in [0.15, 0.2) is 6.17 Å². The van der Waals surface area contributed by atoms with Gasteiger partial charge in [0.05, 0.1) is 12.1 Å². The van der Waals surface area contributed by atoms with Crippen molar-refractivity contribution in [3.05, 3.63) is 24.3 Å². The van der Waals surface area contributed by atoms with Crippen LogP contribution in [0, 0.1) is 0 Å². The van der Waals surface area contributed by atoms with Crippen LogP contribution < -0.4 is 10.7 Å². The fourth-order valence-electron chi connectivity index (χ4n) is 4.42. The van der Waals surface area contributed by atoms with Gasteiger partial charge >= 0.3 is 0 Å². The minimum Gasteiger partial charge on any atom is -0.325 e. The van der Waals surface area contributed by atoms with E-state index < -0.39 is 6.17 Å². The molecule has 0 radical (unpaired) electrons. The molecule has 1 saturated heterocycles. The topological polar surface area (TPSA) is 77.0 Å². The Hall–Kier alpha value is -2.22. The maximum absolute atomic E-state index is 13.1. The molecular weight excluding hydrogens is 362 g/mol. The van der Waals surface area contributed by atoms with Gasteiger partial charge in [-0.2, -0.15) is 5.10 Å². The molecule has 3 atom stereocenters. The maximum atomic E-state index is 13.1. The molecule has 3 aliphatic rings. The third-order valence-corrected chi connectivity index (χ3v) is 6.36. The Labute approximate surface area is 163 Å². The highest BCUT2D eigenvalue weighted by atomic mass is 32.2. The van der Waals surface area contributed by atoms with Gasteiger partial charge in [0.2, 0.25) is 5.91 Å². The Balaban J connectivity index is 1.50. The van der Waals surface area contributed by atoms with E-state index >= 15 is 0 Å². The molecule has 2 aliphatic heterocycles. The van der Waals surface area contributed by atoms with E-state index in [-0.39, 0.29) is 30.4 Å². The minimum atomic E-state index is -0.475. The van der Waals surface area contributed by atoms with Crippen molar-refractivity contribution in [3.8, 4) is 0 Å². The minimum absolute atomic E-state index is 0.0632. The van der Waals surface area contributed by atoms with Crippen molar-refractivity contribution in [2.45, 2.75) is 55.8 Å². The third-order valence-electron chi connectivity index (χ3n) is 5.64. The summed E-state index contributed by atoms with van der Waals surface area (Å²) in [5, 5.41) is 7.20. The molecule has 0 spiro atoms. The lowest BCUT2D eigenvalue weighted by molar-refractivity contribution is -0.151. The van der Waals surface area contributed by atoms with Crippen molar-refractivity contribution in [2.24, 2.45) is 5.10 Å². The van der Waals surface area contributed by atoms with Crippen molar-refractivity contribution >= 4 is 35.1 Å². The second-order valence-corrected chi connectivity index (χ2v) is 8.14. The molecule has 1 aromatic carbocycles. The monoisotopic (exact) mass is 387 g/mol. The van der Waals surface area contributed by atoms with E-state index in [9.17, 15) is 9.59 Å². The van der Waals surface area contributed by atoms with Crippen molar-refractivity contribution in [3.63, 3.8) is 0 Å². The van der Waals surface area contributed by atoms with Crippen molar-refractivity contribution in [1.82, 2.24) is 15.2 Å². The third kappa shape index (κ3) is 3.38. The standard InChI is InChI=1S/C19H25N5O2S/c1-12-21-22-18-19(26)23(15-8-3-4-9-16(15)24(12)18)11-17(25)20-13-6-5-7-14(10-13)27-2/h5-7,10,15-16,18,22H,3-4,8-9,11H2,1-2H3,(H,20,25). The molecule has 0 bridgehead atoms. The van der Waals surface area contributed by atoms with Crippen LogP contribution >= 0.6 is 11.8 Å². The molecule has 7 nitrogen and oxygen atoms in total. The zero-order chi connectivity index (χ0) is 19.0. The second-order valence-electron chi connectivity index (χ2n) is 7.26. The molecule has 27 heavy (non-hydrogen) atoms. The lowest BCUT2D eigenvalue weighted by Gasteiger charge is -2.50. The van der Waals surface area contributed by atoms with E-state index in [1.54, 1.807) is 16.7 Å². The van der Waals surface area contributed by atoms with Crippen LogP contribution in [0.1, 0.15) is 32.6 Å². The van der Waals surface area contributed by atoms with Gasteiger partial charge in [-0.25, -0.2) is 0 Å². The molecule has 2 N–H and O–H groups in total. The molecular formula is C19H25N5O2S.